The molecule has 0 unspecified atom stereocenters. The van der Waals surface area contributed by atoms with E-state index in [1.807, 2.05) is 0 Å². The Hall–Kier alpha value is -8.26. The molecule has 0 aromatic heterocycles. The standard InChI is InChI=1S/C63H41N/c1-3-15-47-39-50(33-31-42(47)13-1)46-29-27-44(28-30-46)45-35-37-52(38-36-45)64(53-18-11-17-49(41-53)51-34-32-43-14-2-4-16-48(43)40-51)61-26-12-25-60-62(61)56-21-7-10-24-59(56)63(60)57-22-8-5-19-54(57)55-20-6-9-23-58(55)63/h1-41H. The molecule has 11 aromatic carbocycles. The maximum absolute atomic E-state index is 2.48. The van der Waals surface area contributed by atoms with Gasteiger partial charge in [-0.2, -0.15) is 0 Å². The van der Waals surface area contributed by atoms with Gasteiger partial charge in [-0.25, -0.2) is 0 Å². The summed E-state index contributed by atoms with van der Waals surface area (Å²) in [5.74, 6) is 0. The summed E-state index contributed by atoms with van der Waals surface area (Å²) in [6.07, 6.45) is 0. The Balaban J connectivity index is 0.973. The van der Waals surface area contributed by atoms with Gasteiger partial charge in [-0.3, -0.25) is 0 Å². The van der Waals surface area contributed by atoms with Crippen molar-refractivity contribution < 1.29 is 0 Å². The van der Waals surface area contributed by atoms with E-state index in [1.165, 1.54) is 99.4 Å². The monoisotopic (exact) mass is 811 g/mol. The van der Waals surface area contributed by atoms with Gasteiger partial charge in [0.15, 0.2) is 0 Å². The first kappa shape index (κ1) is 36.4. The Labute approximate surface area is 373 Å². The van der Waals surface area contributed by atoms with Crippen LogP contribution in [-0.4, -0.2) is 0 Å². The van der Waals surface area contributed by atoms with Gasteiger partial charge in [-0.1, -0.05) is 206 Å². The molecule has 298 valence electrons. The third kappa shape index (κ3) is 5.51. The number of hydrogen-bond donors (Lipinski definition) is 0. The molecule has 0 atom stereocenters. The third-order valence-electron chi connectivity index (χ3n) is 13.9. The molecule has 64 heavy (non-hydrogen) atoms. The lowest BCUT2D eigenvalue weighted by Gasteiger charge is -2.32. The average Bonchev–Trinajstić information content (AvgIpc) is 3.84. The molecule has 2 aliphatic carbocycles. The van der Waals surface area contributed by atoms with Crippen molar-refractivity contribution in [2.45, 2.75) is 5.41 Å². The van der Waals surface area contributed by atoms with Crippen LogP contribution in [0.3, 0.4) is 0 Å². The van der Waals surface area contributed by atoms with Crippen LogP contribution in [0.4, 0.5) is 17.1 Å². The Kier molecular flexibility index (Phi) is 8.20. The molecular weight excluding hydrogens is 771 g/mol. The van der Waals surface area contributed by atoms with Crippen molar-refractivity contribution in [3.05, 3.63) is 271 Å². The summed E-state index contributed by atoms with van der Waals surface area (Å²) in [4.78, 5) is 2.48. The summed E-state index contributed by atoms with van der Waals surface area (Å²) in [5, 5.41) is 5.00. The second-order valence-electron chi connectivity index (χ2n) is 17.2. The zero-order valence-corrected chi connectivity index (χ0v) is 35.1. The van der Waals surface area contributed by atoms with Crippen molar-refractivity contribution in [3.8, 4) is 55.6 Å². The molecule has 0 radical (unpaired) electrons. The number of rotatable bonds is 6. The normalized spacial score (nSPS) is 12.8. The molecule has 0 amide bonds. The first-order valence-electron chi connectivity index (χ1n) is 22.2. The van der Waals surface area contributed by atoms with Crippen LogP contribution in [0.15, 0.2) is 249 Å². The van der Waals surface area contributed by atoms with E-state index in [-0.39, 0.29) is 0 Å². The highest BCUT2D eigenvalue weighted by atomic mass is 15.1. The van der Waals surface area contributed by atoms with E-state index in [2.05, 4.69) is 254 Å². The summed E-state index contributed by atoms with van der Waals surface area (Å²) in [6.45, 7) is 0. The molecule has 2 aliphatic rings. The topological polar surface area (TPSA) is 3.24 Å². The predicted molar refractivity (Wildman–Crippen MR) is 269 cm³/mol. The summed E-state index contributed by atoms with van der Waals surface area (Å²) in [7, 11) is 0. The van der Waals surface area contributed by atoms with Gasteiger partial charge in [0.1, 0.15) is 0 Å². The van der Waals surface area contributed by atoms with Crippen LogP contribution < -0.4 is 4.90 Å². The van der Waals surface area contributed by atoms with Crippen molar-refractivity contribution in [2.75, 3.05) is 4.90 Å². The van der Waals surface area contributed by atoms with Gasteiger partial charge in [0.2, 0.25) is 0 Å². The first-order valence-corrected chi connectivity index (χ1v) is 22.2. The molecule has 0 fully saturated rings. The smallest absolute Gasteiger partial charge is 0.0726 e. The quantitative estimate of drug-likeness (QED) is 0.162. The Morgan fingerprint density at radius 2 is 0.672 bits per heavy atom. The second kappa shape index (κ2) is 14.4. The molecule has 0 bridgehead atoms. The SMILES string of the molecule is c1cc(-c2ccc3ccccc3c2)cc(N(c2ccc(-c3ccc(-c4ccc5ccccc5c4)cc3)cc2)c2cccc3c2-c2ccccc2C32c3ccccc3-c3ccccc32)c1. The number of benzene rings is 11. The molecule has 0 saturated carbocycles. The minimum absolute atomic E-state index is 0.434. The van der Waals surface area contributed by atoms with Crippen LogP contribution in [0, 0.1) is 0 Å². The predicted octanol–water partition coefficient (Wildman–Crippen LogP) is 16.8. The van der Waals surface area contributed by atoms with Crippen LogP contribution in [0.25, 0.3) is 77.2 Å². The van der Waals surface area contributed by atoms with Gasteiger partial charge in [0, 0.05) is 16.9 Å². The number of hydrogen-bond acceptors (Lipinski definition) is 1. The Morgan fingerprint density at radius 1 is 0.250 bits per heavy atom. The van der Waals surface area contributed by atoms with E-state index < -0.39 is 5.41 Å². The number of anilines is 3. The van der Waals surface area contributed by atoms with Crippen molar-refractivity contribution in [2.24, 2.45) is 0 Å². The lowest BCUT2D eigenvalue weighted by molar-refractivity contribution is 0.794. The summed E-state index contributed by atoms with van der Waals surface area (Å²) in [6, 6.07) is 92.1. The number of nitrogens with zero attached hydrogens (tertiary/aromatic N) is 1. The second-order valence-corrected chi connectivity index (χ2v) is 17.2. The molecular formula is C63H41N. The van der Waals surface area contributed by atoms with Gasteiger partial charge in [-0.05, 0) is 136 Å². The Bertz CT molecular complexity index is 3570. The molecule has 13 rings (SSSR count). The highest BCUT2D eigenvalue weighted by Gasteiger charge is 2.52. The van der Waals surface area contributed by atoms with E-state index in [1.54, 1.807) is 0 Å². The van der Waals surface area contributed by atoms with Crippen molar-refractivity contribution >= 4 is 38.6 Å². The van der Waals surface area contributed by atoms with Crippen LogP contribution in [0.5, 0.6) is 0 Å². The van der Waals surface area contributed by atoms with Gasteiger partial charge in [-0.15, -0.1) is 0 Å². The van der Waals surface area contributed by atoms with Gasteiger partial charge < -0.3 is 4.90 Å². The maximum atomic E-state index is 2.48. The highest BCUT2D eigenvalue weighted by Crippen LogP contribution is 2.64. The first-order chi connectivity index (χ1) is 31.7. The van der Waals surface area contributed by atoms with Gasteiger partial charge in [0.05, 0.1) is 11.1 Å². The fourth-order valence-electron chi connectivity index (χ4n) is 11.0. The molecule has 0 saturated heterocycles. The molecule has 1 spiro atoms. The van der Waals surface area contributed by atoms with E-state index >= 15 is 0 Å². The zero-order valence-electron chi connectivity index (χ0n) is 35.1. The zero-order chi connectivity index (χ0) is 42.2. The number of fused-ring (bicyclic) bond motifs is 12. The Morgan fingerprint density at radius 3 is 1.28 bits per heavy atom. The van der Waals surface area contributed by atoms with Crippen molar-refractivity contribution in [3.63, 3.8) is 0 Å². The van der Waals surface area contributed by atoms with Gasteiger partial charge in [0.25, 0.3) is 0 Å². The highest BCUT2D eigenvalue weighted by molar-refractivity contribution is 6.01. The van der Waals surface area contributed by atoms with Crippen LogP contribution in [0.2, 0.25) is 0 Å². The summed E-state index contributed by atoms with van der Waals surface area (Å²) < 4.78 is 0. The summed E-state index contributed by atoms with van der Waals surface area (Å²) >= 11 is 0. The third-order valence-corrected chi connectivity index (χ3v) is 13.9. The lowest BCUT2D eigenvalue weighted by Crippen LogP contribution is -2.26. The molecule has 0 heterocycles. The van der Waals surface area contributed by atoms with Crippen LogP contribution >= 0.6 is 0 Å². The molecule has 11 aromatic rings. The van der Waals surface area contributed by atoms with Crippen molar-refractivity contribution in [1.29, 1.82) is 0 Å². The molecule has 1 heteroatoms. The van der Waals surface area contributed by atoms with Crippen LogP contribution in [0.1, 0.15) is 22.3 Å². The van der Waals surface area contributed by atoms with E-state index in [0.29, 0.717) is 0 Å². The minimum Gasteiger partial charge on any atom is -0.310 e. The maximum Gasteiger partial charge on any atom is 0.0726 e. The average molecular weight is 812 g/mol. The van der Waals surface area contributed by atoms with E-state index in [4.69, 9.17) is 0 Å². The fraction of sp³-hybridized carbons (Fsp3) is 0.0159. The minimum atomic E-state index is -0.434. The van der Waals surface area contributed by atoms with Gasteiger partial charge >= 0.3 is 0 Å². The molecule has 0 N–H and O–H groups in total. The van der Waals surface area contributed by atoms with Crippen LogP contribution in [-0.2, 0) is 5.41 Å². The van der Waals surface area contributed by atoms with E-state index in [0.717, 1.165) is 17.1 Å². The van der Waals surface area contributed by atoms with Crippen molar-refractivity contribution in [1.82, 2.24) is 0 Å². The largest absolute Gasteiger partial charge is 0.310 e. The fourth-order valence-corrected chi connectivity index (χ4v) is 11.0. The summed E-state index contributed by atoms with van der Waals surface area (Å²) in [5.41, 5.74) is 20.7. The van der Waals surface area contributed by atoms with E-state index in [9.17, 15) is 0 Å². The lowest BCUT2D eigenvalue weighted by atomic mass is 9.70. The molecule has 0 aliphatic heterocycles. The molecule has 1 nitrogen and oxygen atoms in total.